The van der Waals surface area contributed by atoms with Crippen LogP contribution >= 0.6 is 0 Å². The number of aryl methyl sites for hydroxylation is 1. The molecular weight excluding hydrogens is 287 g/mol. The molecule has 1 aliphatic rings. The standard InChI is InChI=1S/C20H25FN2/c1-2-16-7-9-17(10-8-16)15-23-13-11-18(12-14-23)22-20-6-4-3-5-19(20)21/h3-10,18,22H,2,11-15H2,1H3. The Bertz CT molecular complexity index is 616. The molecule has 2 aromatic rings. The van der Waals surface area contributed by atoms with E-state index >= 15 is 0 Å². The van der Waals surface area contributed by atoms with Crippen LogP contribution < -0.4 is 5.32 Å². The summed E-state index contributed by atoms with van der Waals surface area (Å²) in [6.45, 7) is 5.31. The first-order valence-electron chi connectivity index (χ1n) is 8.56. The number of hydrogen-bond acceptors (Lipinski definition) is 2. The number of rotatable bonds is 5. The van der Waals surface area contributed by atoms with E-state index in [1.807, 2.05) is 12.1 Å². The lowest BCUT2D eigenvalue weighted by Gasteiger charge is -2.33. The zero-order valence-electron chi connectivity index (χ0n) is 13.8. The minimum Gasteiger partial charge on any atom is -0.380 e. The molecular formula is C20H25FN2. The lowest BCUT2D eigenvalue weighted by Crippen LogP contribution is -2.38. The molecule has 3 heteroatoms. The highest BCUT2D eigenvalue weighted by molar-refractivity contribution is 5.45. The van der Waals surface area contributed by atoms with Gasteiger partial charge in [0.1, 0.15) is 5.82 Å². The first kappa shape index (κ1) is 16.0. The van der Waals surface area contributed by atoms with Gasteiger partial charge in [0.2, 0.25) is 0 Å². The van der Waals surface area contributed by atoms with Crippen LogP contribution in [0.25, 0.3) is 0 Å². The SMILES string of the molecule is CCc1ccc(CN2CCC(Nc3ccccc3F)CC2)cc1. The third kappa shape index (κ3) is 4.32. The monoisotopic (exact) mass is 312 g/mol. The fourth-order valence-corrected chi connectivity index (χ4v) is 3.17. The summed E-state index contributed by atoms with van der Waals surface area (Å²) >= 11 is 0. The lowest BCUT2D eigenvalue weighted by atomic mass is 10.0. The molecule has 1 aliphatic heterocycles. The van der Waals surface area contributed by atoms with E-state index < -0.39 is 0 Å². The van der Waals surface area contributed by atoms with Crippen LogP contribution in [0.3, 0.4) is 0 Å². The van der Waals surface area contributed by atoms with Gasteiger partial charge in [0.25, 0.3) is 0 Å². The number of piperidine rings is 1. The van der Waals surface area contributed by atoms with Crippen LogP contribution in [0, 0.1) is 5.82 Å². The normalized spacial score (nSPS) is 16.4. The minimum atomic E-state index is -0.161. The Morgan fingerprint density at radius 3 is 2.30 bits per heavy atom. The molecule has 2 aromatic carbocycles. The summed E-state index contributed by atoms with van der Waals surface area (Å²) < 4.78 is 13.7. The fourth-order valence-electron chi connectivity index (χ4n) is 3.17. The van der Waals surface area contributed by atoms with Crippen molar-refractivity contribution in [1.29, 1.82) is 0 Å². The Hall–Kier alpha value is -1.87. The Kier molecular flexibility index (Phi) is 5.29. The molecule has 0 atom stereocenters. The third-order valence-corrected chi connectivity index (χ3v) is 4.66. The molecule has 0 radical (unpaired) electrons. The second-order valence-corrected chi connectivity index (χ2v) is 6.34. The molecule has 0 aliphatic carbocycles. The van der Waals surface area contributed by atoms with Gasteiger partial charge in [-0.25, -0.2) is 4.39 Å². The maximum Gasteiger partial charge on any atom is 0.146 e. The second kappa shape index (κ2) is 7.60. The van der Waals surface area contributed by atoms with Crippen LogP contribution in [0.2, 0.25) is 0 Å². The summed E-state index contributed by atoms with van der Waals surface area (Å²) in [6, 6.07) is 16.2. The van der Waals surface area contributed by atoms with Crippen LogP contribution in [0.4, 0.5) is 10.1 Å². The molecule has 0 spiro atoms. The molecule has 0 bridgehead atoms. The number of halogens is 1. The van der Waals surface area contributed by atoms with Gasteiger partial charge in [0, 0.05) is 25.7 Å². The average molecular weight is 312 g/mol. The van der Waals surface area contributed by atoms with E-state index in [1.54, 1.807) is 6.07 Å². The van der Waals surface area contributed by atoms with Crippen molar-refractivity contribution in [2.24, 2.45) is 0 Å². The van der Waals surface area contributed by atoms with Crippen molar-refractivity contribution in [3.8, 4) is 0 Å². The van der Waals surface area contributed by atoms with Crippen LogP contribution in [0.5, 0.6) is 0 Å². The van der Waals surface area contributed by atoms with E-state index in [0.29, 0.717) is 11.7 Å². The minimum absolute atomic E-state index is 0.161. The van der Waals surface area contributed by atoms with Crippen molar-refractivity contribution in [2.75, 3.05) is 18.4 Å². The molecule has 122 valence electrons. The quantitative estimate of drug-likeness (QED) is 0.876. The third-order valence-electron chi connectivity index (χ3n) is 4.66. The molecule has 23 heavy (non-hydrogen) atoms. The van der Waals surface area contributed by atoms with E-state index in [9.17, 15) is 4.39 Å². The number of nitrogens with one attached hydrogen (secondary N) is 1. The lowest BCUT2D eigenvalue weighted by molar-refractivity contribution is 0.211. The molecule has 0 amide bonds. The van der Waals surface area contributed by atoms with E-state index in [2.05, 4.69) is 41.4 Å². The number of para-hydroxylation sites is 1. The summed E-state index contributed by atoms with van der Waals surface area (Å²) in [7, 11) is 0. The highest BCUT2D eigenvalue weighted by Crippen LogP contribution is 2.20. The van der Waals surface area contributed by atoms with E-state index in [-0.39, 0.29) is 5.82 Å². The van der Waals surface area contributed by atoms with Gasteiger partial charge < -0.3 is 5.32 Å². The number of likely N-dealkylation sites (tertiary alicyclic amines) is 1. The maximum absolute atomic E-state index is 13.7. The van der Waals surface area contributed by atoms with Crippen LogP contribution in [0.15, 0.2) is 48.5 Å². The summed E-state index contributed by atoms with van der Waals surface area (Å²) in [5.41, 5.74) is 3.39. The molecule has 0 unspecified atom stereocenters. The van der Waals surface area contributed by atoms with Gasteiger partial charge in [-0.05, 0) is 42.5 Å². The van der Waals surface area contributed by atoms with Crippen molar-refractivity contribution in [3.63, 3.8) is 0 Å². The van der Waals surface area contributed by atoms with Gasteiger partial charge in [-0.1, -0.05) is 43.3 Å². The largest absolute Gasteiger partial charge is 0.380 e. The first-order valence-corrected chi connectivity index (χ1v) is 8.56. The molecule has 0 saturated carbocycles. The fraction of sp³-hybridized carbons (Fsp3) is 0.400. The van der Waals surface area contributed by atoms with E-state index in [0.717, 1.165) is 38.9 Å². The van der Waals surface area contributed by atoms with Crippen LogP contribution in [0.1, 0.15) is 30.9 Å². The Labute approximate surface area is 138 Å². The molecule has 0 aromatic heterocycles. The summed E-state index contributed by atoms with van der Waals surface area (Å²) in [6.07, 6.45) is 3.20. The van der Waals surface area contributed by atoms with E-state index in [4.69, 9.17) is 0 Å². The number of benzene rings is 2. The van der Waals surface area contributed by atoms with E-state index in [1.165, 1.54) is 17.2 Å². The molecule has 1 heterocycles. The number of hydrogen-bond donors (Lipinski definition) is 1. The topological polar surface area (TPSA) is 15.3 Å². The van der Waals surface area contributed by atoms with Crippen molar-refractivity contribution in [2.45, 2.75) is 38.8 Å². The smallest absolute Gasteiger partial charge is 0.146 e. The van der Waals surface area contributed by atoms with Gasteiger partial charge in [0.05, 0.1) is 5.69 Å². The zero-order valence-corrected chi connectivity index (χ0v) is 13.8. The van der Waals surface area contributed by atoms with Gasteiger partial charge in [-0.2, -0.15) is 0 Å². The van der Waals surface area contributed by atoms with Crippen molar-refractivity contribution < 1.29 is 4.39 Å². The van der Waals surface area contributed by atoms with Crippen molar-refractivity contribution in [1.82, 2.24) is 4.90 Å². The average Bonchev–Trinajstić information content (AvgIpc) is 2.59. The van der Waals surface area contributed by atoms with Crippen LogP contribution in [-0.4, -0.2) is 24.0 Å². The maximum atomic E-state index is 13.7. The highest BCUT2D eigenvalue weighted by atomic mass is 19.1. The first-order chi connectivity index (χ1) is 11.2. The molecule has 2 nitrogen and oxygen atoms in total. The predicted octanol–water partition coefficient (Wildman–Crippen LogP) is 4.46. The van der Waals surface area contributed by atoms with Gasteiger partial charge >= 0.3 is 0 Å². The molecule has 1 fully saturated rings. The molecule has 1 N–H and O–H groups in total. The van der Waals surface area contributed by atoms with Gasteiger partial charge in [0.15, 0.2) is 0 Å². The molecule has 1 saturated heterocycles. The van der Waals surface area contributed by atoms with Gasteiger partial charge in [-0.3, -0.25) is 4.90 Å². The summed E-state index contributed by atoms with van der Waals surface area (Å²) in [5, 5.41) is 3.35. The van der Waals surface area contributed by atoms with Gasteiger partial charge in [-0.15, -0.1) is 0 Å². The Morgan fingerprint density at radius 1 is 1.00 bits per heavy atom. The van der Waals surface area contributed by atoms with Crippen molar-refractivity contribution in [3.05, 3.63) is 65.5 Å². The summed E-state index contributed by atoms with van der Waals surface area (Å²) in [5.74, 6) is -0.161. The summed E-state index contributed by atoms with van der Waals surface area (Å²) in [4.78, 5) is 2.49. The zero-order chi connectivity index (χ0) is 16.1. The highest BCUT2D eigenvalue weighted by Gasteiger charge is 2.19. The predicted molar refractivity (Wildman–Crippen MR) is 94.1 cm³/mol. The Morgan fingerprint density at radius 2 is 1.65 bits per heavy atom. The van der Waals surface area contributed by atoms with Crippen molar-refractivity contribution >= 4 is 5.69 Å². The molecule has 3 rings (SSSR count). The van der Waals surface area contributed by atoms with Crippen LogP contribution in [-0.2, 0) is 13.0 Å². The Balaban J connectivity index is 1.49. The number of anilines is 1. The second-order valence-electron chi connectivity index (χ2n) is 6.34. The number of nitrogens with zero attached hydrogens (tertiary/aromatic N) is 1.